The fourth-order valence-corrected chi connectivity index (χ4v) is 0. The van der Waals surface area contributed by atoms with Crippen molar-refractivity contribution in [3.05, 3.63) is 0 Å². The van der Waals surface area contributed by atoms with Crippen molar-refractivity contribution in [1.82, 2.24) is 0 Å². The van der Waals surface area contributed by atoms with Gasteiger partial charge in [0, 0.05) is 17.1 Å². The SMILES string of the molecule is CCCS.[Cu]. The van der Waals surface area contributed by atoms with Gasteiger partial charge in [0.25, 0.3) is 0 Å². The van der Waals surface area contributed by atoms with Crippen LogP contribution >= 0.6 is 12.6 Å². The molecule has 0 rings (SSSR count). The molecule has 0 aliphatic rings. The van der Waals surface area contributed by atoms with Gasteiger partial charge in [-0.05, 0) is 12.2 Å². The first-order valence-corrected chi connectivity index (χ1v) is 2.16. The van der Waals surface area contributed by atoms with Crippen molar-refractivity contribution in [2.24, 2.45) is 0 Å². The molecule has 0 heterocycles. The van der Waals surface area contributed by atoms with Crippen LogP contribution in [0.4, 0.5) is 0 Å². The Balaban J connectivity index is 0. The number of thiol groups is 1. The fraction of sp³-hybridized carbons (Fsp3) is 1.00. The van der Waals surface area contributed by atoms with Gasteiger partial charge < -0.3 is 0 Å². The summed E-state index contributed by atoms with van der Waals surface area (Å²) in [5.41, 5.74) is 0. The third-order valence-electron chi connectivity index (χ3n) is 0.224. The van der Waals surface area contributed by atoms with Crippen LogP contribution in [-0.4, -0.2) is 5.75 Å². The van der Waals surface area contributed by atoms with E-state index < -0.39 is 0 Å². The Labute approximate surface area is 49.2 Å². The summed E-state index contributed by atoms with van der Waals surface area (Å²) < 4.78 is 0. The van der Waals surface area contributed by atoms with Crippen molar-refractivity contribution in [3.63, 3.8) is 0 Å². The van der Waals surface area contributed by atoms with Crippen molar-refractivity contribution >= 4 is 12.6 Å². The molecule has 0 bridgehead atoms. The number of hydrogen-bond donors (Lipinski definition) is 1. The first-order chi connectivity index (χ1) is 1.91. The smallest absolute Gasteiger partial charge is 0 e. The Morgan fingerprint density at radius 3 is 1.80 bits per heavy atom. The molecule has 2 heteroatoms. The maximum atomic E-state index is 3.92. The fourth-order valence-electron chi connectivity index (χ4n) is 0. The van der Waals surface area contributed by atoms with Gasteiger partial charge in [-0.2, -0.15) is 12.6 Å². The van der Waals surface area contributed by atoms with Crippen LogP contribution in [0.1, 0.15) is 13.3 Å². The molecule has 0 N–H and O–H groups in total. The molecule has 0 aliphatic heterocycles. The Morgan fingerprint density at radius 2 is 1.80 bits per heavy atom. The summed E-state index contributed by atoms with van der Waals surface area (Å²) in [7, 11) is 0. The van der Waals surface area contributed by atoms with E-state index in [4.69, 9.17) is 0 Å². The molecule has 37 valence electrons. The van der Waals surface area contributed by atoms with Crippen molar-refractivity contribution < 1.29 is 17.1 Å². The summed E-state index contributed by atoms with van der Waals surface area (Å²) in [6.07, 6.45) is 1.18. The Kier molecular flexibility index (Phi) is 16.5. The molecule has 0 saturated heterocycles. The van der Waals surface area contributed by atoms with E-state index in [9.17, 15) is 0 Å². The summed E-state index contributed by atoms with van der Waals surface area (Å²) in [5.74, 6) is 1.01. The standard InChI is InChI=1S/C3H8S.Cu/c1-2-3-4;/h4H,2-3H2,1H3;. The molecule has 0 aromatic heterocycles. The van der Waals surface area contributed by atoms with Crippen LogP contribution in [-0.2, 0) is 17.1 Å². The van der Waals surface area contributed by atoms with E-state index >= 15 is 0 Å². The molecule has 0 aromatic rings. The first kappa shape index (κ1) is 9.30. The predicted molar refractivity (Wildman–Crippen MR) is 24.1 cm³/mol. The van der Waals surface area contributed by atoms with E-state index in [1.807, 2.05) is 0 Å². The molecule has 5 heavy (non-hydrogen) atoms. The van der Waals surface area contributed by atoms with Gasteiger partial charge in [-0.25, -0.2) is 0 Å². The second kappa shape index (κ2) is 8.85. The van der Waals surface area contributed by atoms with Crippen molar-refractivity contribution in [2.75, 3.05) is 5.75 Å². The Bertz CT molecular complexity index is 8.85. The minimum absolute atomic E-state index is 0. The van der Waals surface area contributed by atoms with E-state index in [2.05, 4.69) is 19.6 Å². The predicted octanol–water partition coefficient (Wildman–Crippen LogP) is 1.32. The molecule has 0 nitrogen and oxygen atoms in total. The Hall–Kier alpha value is 0.869. The van der Waals surface area contributed by atoms with Crippen LogP contribution in [0.25, 0.3) is 0 Å². The van der Waals surface area contributed by atoms with Gasteiger partial charge in [0.1, 0.15) is 0 Å². The monoisotopic (exact) mass is 139 g/mol. The minimum Gasteiger partial charge on any atom is -0.179 e. The largest absolute Gasteiger partial charge is 0.179 e. The van der Waals surface area contributed by atoms with Crippen LogP contribution in [0.5, 0.6) is 0 Å². The number of rotatable bonds is 1. The maximum Gasteiger partial charge on any atom is 0 e. The van der Waals surface area contributed by atoms with Crippen LogP contribution in [0.2, 0.25) is 0 Å². The van der Waals surface area contributed by atoms with Gasteiger partial charge in [0.05, 0.1) is 0 Å². The molecule has 0 amide bonds. The van der Waals surface area contributed by atoms with Gasteiger partial charge in [0.2, 0.25) is 0 Å². The summed E-state index contributed by atoms with van der Waals surface area (Å²) in [5, 5.41) is 0. The molecule has 0 spiro atoms. The zero-order valence-electron chi connectivity index (χ0n) is 3.16. The third kappa shape index (κ3) is 11.5. The van der Waals surface area contributed by atoms with Crippen LogP contribution in [0, 0.1) is 0 Å². The van der Waals surface area contributed by atoms with Crippen molar-refractivity contribution in [1.29, 1.82) is 0 Å². The quantitative estimate of drug-likeness (QED) is 0.411. The van der Waals surface area contributed by atoms with Crippen molar-refractivity contribution in [2.45, 2.75) is 13.3 Å². The summed E-state index contributed by atoms with van der Waals surface area (Å²) in [6, 6.07) is 0. The second-order valence-electron chi connectivity index (χ2n) is 0.724. The van der Waals surface area contributed by atoms with Gasteiger partial charge in [-0.3, -0.25) is 0 Å². The molecule has 1 radical (unpaired) electrons. The molecule has 0 saturated carbocycles. The average Bonchev–Trinajstić information content (AvgIpc) is 1.37. The first-order valence-electron chi connectivity index (χ1n) is 1.52. The van der Waals surface area contributed by atoms with E-state index in [1.165, 1.54) is 6.42 Å². The zero-order chi connectivity index (χ0) is 3.41. The van der Waals surface area contributed by atoms with Crippen LogP contribution < -0.4 is 0 Å². The van der Waals surface area contributed by atoms with E-state index in [-0.39, 0.29) is 17.1 Å². The molecular weight excluding hydrogens is 132 g/mol. The summed E-state index contributed by atoms with van der Waals surface area (Å²) in [4.78, 5) is 0. The molecule has 0 aliphatic carbocycles. The summed E-state index contributed by atoms with van der Waals surface area (Å²) >= 11 is 3.92. The average molecular weight is 140 g/mol. The van der Waals surface area contributed by atoms with Gasteiger partial charge in [-0.1, -0.05) is 6.92 Å². The van der Waals surface area contributed by atoms with Gasteiger partial charge in [0.15, 0.2) is 0 Å². The summed E-state index contributed by atoms with van der Waals surface area (Å²) in [6.45, 7) is 2.10. The Morgan fingerprint density at radius 1 is 1.60 bits per heavy atom. The topological polar surface area (TPSA) is 0 Å². The van der Waals surface area contributed by atoms with E-state index in [0.717, 1.165) is 5.75 Å². The second-order valence-corrected chi connectivity index (χ2v) is 1.17. The molecule has 0 aromatic carbocycles. The van der Waals surface area contributed by atoms with Gasteiger partial charge in [-0.15, -0.1) is 0 Å². The molecule has 0 fully saturated rings. The van der Waals surface area contributed by atoms with E-state index in [1.54, 1.807) is 0 Å². The van der Waals surface area contributed by atoms with Crippen LogP contribution in [0.3, 0.4) is 0 Å². The van der Waals surface area contributed by atoms with Crippen LogP contribution in [0.15, 0.2) is 0 Å². The van der Waals surface area contributed by atoms with Gasteiger partial charge >= 0.3 is 0 Å². The number of hydrogen-bond acceptors (Lipinski definition) is 1. The maximum absolute atomic E-state index is 3.92. The zero-order valence-corrected chi connectivity index (χ0v) is 5.00. The molecule has 0 atom stereocenters. The molecular formula is C3H8CuS. The third-order valence-corrected chi connectivity index (χ3v) is 0.671. The normalized spacial score (nSPS) is 6.00. The minimum atomic E-state index is 0. The molecule has 0 unspecified atom stereocenters. The van der Waals surface area contributed by atoms with E-state index in [0.29, 0.717) is 0 Å². The van der Waals surface area contributed by atoms with Crippen molar-refractivity contribution in [3.8, 4) is 0 Å².